The van der Waals surface area contributed by atoms with Crippen molar-refractivity contribution in [3.8, 4) is 0 Å². The quantitative estimate of drug-likeness (QED) is 0.699. The van der Waals surface area contributed by atoms with Crippen LogP contribution in [-0.2, 0) is 6.54 Å². The molecule has 0 aliphatic carbocycles. The van der Waals surface area contributed by atoms with Crippen molar-refractivity contribution in [3.63, 3.8) is 0 Å². The molecule has 1 amide bonds. The van der Waals surface area contributed by atoms with Gasteiger partial charge in [-0.05, 0) is 38.3 Å². The molecule has 0 N–H and O–H groups in total. The minimum Gasteiger partial charge on any atom is -0.466 e. The van der Waals surface area contributed by atoms with Gasteiger partial charge in [0.2, 0.25) is 0 Å². The van der Waals surface area contributed by atoms with Crippen LogP contribution in [0.25, 0.3) is 0 Å². The zero-order valence-corrected chi connectivity index (χ0v) is 15.9. The molecule has 2 aromatic heterocycles. The molecule has 1 fully saturated rings. The first-order valence-corrected chi connectivity index (χ1v) is 9.53. The zero-order valence-electron chi connectivity index (χ0n) is 15.9. The van der Waals surface area contributed by atoms with Gasteiger partial charge in [-0.2, -0.15) is 0 Å². The molecule has 1 aliphatic heterocycles. The smallest absolute Gasteiger partial charge is 0.257 e. The molecule has 3 aromatic rings. The standard InChI is InChI=1S/C22H25N3O2/c1-16-13-20(17(2)27-16)22(26)25-11-6-9-19(15-25)21-23-10-12-24(21)14-18-7-4-3-5-8-18/h3-5,7-8,10,12-13,19H,6,9,11,14-15H2,1-2H3/t19-/m1/s1. The van der Waals surface area contributed by atoms with Crippen molar-refractivity contribution in [1.29, 1.82) is 0 Å². The highest BCUT2D eigenvalue weighted by Gasteiger charge is 2.29. The van der Waals surface area contributed by atoms with E-state index in [1.807, 2.05) is 43.3 Å². The summed E-state index contributed by atoms with van der Waals surface area (Å²) in [7, 11) is 0. The van der Waals surface area contributed by atoms with E-state index >= 15 is 0 Å². The number of aromatic nitrogens is 2. The Labute approximate surface area is 159 Å². The van der Waals surface area contributed by atoms with E-state index in [2.05, 4.69) is 33.8 Å². The van der Waals surface area contributed by atoms with Gasteiger partial charge in [-0.3, -0.25) is 4.79 Å². The molecule has 0 radical (unpaired) electrons. The number of hydrogen-bond donors (Lipinski definition) is 0. The van der Waals surface area contributed by atoms with Crippen LogP contribution < -0.4 is 0 Å². The molecule has 5 heteroatoms. The third-order valence-electron chi connectivity index (χ3n) is 5.29. The molecule has 1 aliphatic rings. The Hall–Kier alpha value is -2.82. The van der Waals surface area contributed by atoms with E-state index in [0.717, 1.165) is 37.5 Å². The van der Waals surface area contributed by atoms with E-state index in [4.69, 9.17) is 4.42 Å². The first-order valence-electron chi connectivity index (χ1n) is 9.53. The lowest BCUT2D eigenvalue weighted by molar-refractivity contribution is 0.0701. The maximum Gasteiger partial charge on any atom is 0.257 e. The Morgan fingerprint density at radius 3 is 2.81 bits per heavy atom. The van der Waals surface area contributed by atoms with Crippen molar-refractivity contribution in [1.82, 2.24) is 14.5 Å². The highest BCUT2D eigenvalue weighted by Crippen LogP contribution is 2.28. The van der Waals surface area contributed by atoms with Gasteiger partial charge in [0.25, 0.3) is 5.91 Å². The highest BCUT2D eigenvalue weighted by atomic mass is 16.3. The van der Waals surface area contributed by atoms with Crippen molar-refractivity contribution >= 4 is 5.91 Å². The van der Waals surface area contributed by atoms with Crippen molar-refractivity contribution in [2.24, 2.45) is 0 Å². The van der Waals surface area contributed by atoms with Crippen molar-refractivity contribution in [2.45, 2.75) is 39.2 Å². The van der Waals surface area contributed by atoms with E-state index in [9.17, 15) is 4.79 Å². The van der Waals surface area contributed by atoms with Gasteiger partial charge in [0.1, 0.15) is 17.3 Å². The average Bonchev–Trinajstić information content (AvgIpc) is 3.28. The number of carbonyl (C=O) groups excluding carboxylic acids is 1. The molecular formula is C22H25N3O2. The summed E-state index contributed by atoms with van der Waals surface area (Å²) < 4.78 is 7.76. The molecule has 0 bridgehead atoms. The Bertz CT molecular complexity index is 926. The normalized spacial score (nSPS) is 17.3. The second kappa shape index (κ2) is 7.43. The van der Waals surface area contributed by atoms with Crippen LogP contribution in [0, 0.1) is 13.8 Å². The van der Waals surface area contributed by atoms with Crippen molar-refractivity contribution in [3.05, 3.63) is 77.3 Å². The van der Waals surface area contributed by atoms with Gasteiger partial charge in [-0.25, -0.2) is 4.98 Å². The Balaban J connectivity index is 1.51. The van der Waals surface area contributed by atoms with Crippen LogP contribution >= 0.6 is 0 Å². The SMILES string of the molecule is Cc1cc(C(=O)N2CCC[C@@H](c3nccn3Cc3ccccc3)C2)c(C)o1. The molecule has 27 heavy (non-hydrogen) atoms. The molecule has 0 unspecified atom stereocenters. The van der Waals surface area contributed by atoms with E-state index in [-0.39, 0.29) is 11.8 Å². The third-order valence-corrected chi connectivity index (χ3v) is 5.29. The topological polar surface area (TPSA) is 51.3 Å². The number of nitrogens with zero attached hydrogens (tertiary/aromatic N) is 3. The number of imidazole rings is 1. The first kappa shape index (κ1) is 17.6. The summed E-state index contributed by atoms with van der Waals surface area (Å²) >= 11 is 0. The average molecular weight is 363 g/mol. The monoisotopic (exact) mass is 363 g/mol. The lowest BCUT2D eigenvalue weighted by atomic mass is 9.96. The summed E-state index contributed by atoms with van der Waals surface area (Å²) in [6, 6.07) is 12.2. The number of furan rings is 1. The summed E-state index contributed by atoms with van der Waals surface area (Å²) in [6.45, 7) is 6.03. The van der Waals surface area contributed by atoms with E-state index < -0.39 is 0 Å². The zero-order chi connectivity index (χ0) is 18.8. The van der Waals surface area contributed by atoms with Crippen LogP contribution in [0.15, 0.2) is 53.2 Å². The number of aryl methyl sites for hydroxylation is 2. The van der Waals surface area contributed by atoms with E-state index in [1.165, 1.54) is 5.56 Å². The van der Waals surface area contributed by atoms with Gasteiger partial charge in [0.15, 0.2) is 0 Å². The molecule has 4 rings (SSSR count). The maximum absolute atomic E-state index is 13.0. The second-order valence-electron chi connectivity index (χ2n) is 7.32. The fourth-order valence-corrected chi connectivity index (χ4v) is 3.98. The number of piperidine rings is 1. The summed E-state index contributed by atoms with van der Waals surface area (Å²) in [6.07, 6.45) is 5.94. The van der Waals surface area contributed by atoms with Crippen LogP contribution in [0.3, 0.4) is 0 Å². The maximum atomic E-state index is 13.0. The number of hydrogen-bond acceptors (Lipinski definition) is 3. The molecule has 5 nitrogen and oxygen atoms in total. The van der Waals surface area contributed by atoms with Gasteiger partial charge in [-0.1, -0.05) is 30.3 Å². The van der Waals surface area contributed by atoms with E-state index in [1.54, 1.807) is 0 Å². The van der Waals surface area contributed by atoms with Gasteiger partial charge in [0.05, 0.1) is 5.56 Å². The second-order valence-corrected chi connectivity index (χ2v) is 7.32. The highest BCUT2D eigenvalue weighted by molar-refractivity contribution is 5.95. The number of amides is 1. The van der Waals surface area contributed by atoms with Gasteiger partial charge < -0.3 is 13.9 Å². The van der Waals surface area contributed by atoms with Gasteiger partial charge in [0, 0.05) is 37.9 Å². The number of rotatable bonds is 4. The molecule has 1 aromatic carbocycles. The van der Waals surface area contributed by atoms with E-state index in [0.29, 0.717) is 17.9 Å². The molecule has 3 heterocycles. The van der Waals surface area contributed by atoms with Crippen molar-refractivity contribution in [2.75, 3.05) is 13.1 Å². The molecule has 0 saturated carbocycles. The number of carbonyl (C=O) groups is 1. The van der Waals surface area contributed by atoms with Crippen molar-refractivity contribution < 1.29 is 9.21 Å². The predicted molar refractivity (Wildman–Crippen MR) is 104 cm³/mol. The Morgan fingerprint density at radius 1 is 1.26 bits per heavy atom. The summed E-state index contributed by atoms with van der Waals surface area (Å²) in [4.78, 5) is 19.5. The molecule has 0 spiro atoms. The predicted octanol–water partition coefficient (Wildman–Crippen LogP) is 4.16. The molecule has 1 atom stereocenters. The Kier molecular flexibility index (Phi) is 4.84. The lowest BCUT2D eigenvalue weighted by Gasteiger charge is -2.32. The molecule has 140 valence electrons. The first-order chi connectivity index (χ1) is 13.1. The van der Waals surface area contributed by atoms with Crippen LogP contribution in [0.1, 0.15) is 52.0 Å². The van der Waals surface area contributed by atoms with Gasteiger partial charge >= 0.3 is 0 Å². The fourth-order valence-electron chi connectivity index (χ4n) is 3.98. The summed E-state index contributed by atoms with van der Waals surface area (Å²) in [5, 5.41) is 0. The van der Waals surface area contributed by atoms with Crippen LogP contribution in [0.2, 0.25) is 0 Å². The largest absolute Gasteiger partial charge is 0.466 e. The van der Waals surface area contributed by atoms with Crippen LogP contribution in [0.5, 0.6) is 0 Å². The lowest BCUT2D eigenvalue weighted by Crippen LogP contribution is -2.39. The molecule has 1 saturated heterocycles. The molecular weight excluding hydrogens is 338 g/mol. The number of likely N-dealkylation sites (tertiary alicyclic amines) is 1. The minimum atomic E-state index is 0.0650. The van der Waals surface area contributed by atoms with Crippen LogP contribution in [-0.4, -0.2) is 33.4 Å². The fraction of sp³-hybridized carbons (Fsp3) is 0.364. The third kappa shape index (κ3) is 3.68. The summed E-state index contributed by atoms with van der Waals surface area (Å²) in [5.41, 5.74) is 1.94. The van der Waals surface area contributed by atoms with Crippen LogP contribution in [0.4, 0.5) is 0 Å². The minimum absolute atomic E-state index is 0.0650. The van der Waals surface area contributed by atoms with Gasteiger partial charge in [-0.15, -0.1) is 0 Å². The number of benzene rings is 1. The Morgan fingerprint density at radius 2 is 2.07 bits per heavy atom. The summed E-state index contributed by atoms with van der Waals surface area (Å²) in [5.74, 6) is 2.87.